The summed E-state index contributed by atoms with van der Waals surface area (Å²) in [6.07, 6.45) is 0.298. The molecule has 4 rings (SSSR count). The predicted octanol–water partition coefficient (Wildman–Crippen LogP) is 4.66. The van der Waals surface area contributed by atoms with Gasteiger partial charge in [0.2, 0.25) is 0 Å². The van der Waals surface area contributed by atoms with Crippen LogP contribution in [0.5, 0.6) is 0 Å². The fraction of sp³-hybridized carbons (Fsp3) is 0.250. The maximum Gasteiger partial charge on any atom is 0.319 e. The number of nitrogens with zero attached hydrogens (tertiary/aromatic N) is 4. The smallest absolute Gasteiger partial charge is 0.319 e. The molecule has 12 heteroatoms. The molecule has 2 heterocycles. The topological polar surface area (TPSA) is 130 Å². The van der Waals surface area contributed by atoms with Crippen molar-refractivity contribution in [3.05, 3.63) is 78.9 Å². The number of aliphatic hydroxyl groups excluding tert-OH is 1. The average molecular weight is 550 g/mol. The van der Waals surface area contributed by atoms with Crippen LogP contribution in [0.3, 0.4) is 0 Å². The molecule has 188 valence electrons. The number of carbonyl (C=O) groups excluding carboxylic acids is 1. The third-order valence-corrected chi connectivity index (χ3v) is 6.36. The van der Waals surface area contributed by atoms with Crippen molar-refractivity contribution in [3.8, 4) is 5.69 Å². The fourth-order valence-electron chi connectivity index (χ4n) is 3.93. The number of aromatic nitrogens is 4. The molecule has 4 N–H and O–H groups in total. The summed E-state index contributed by atoms with van der Waals surface area (Å²) in [4.78, 5) is 33.6. The van der Waals surface area contributed by atoms with E-state index in [0.717, 1.165) is 5.56 Å². The standard InChI is InChI=1S/C24H23Cl3N6O3/c1-12(2)20-19-22(33(31-20)21-16(26)10-14(25)11-17(21)27)29-18(30-23(19)35)9-13-3-5-15(6-4-13)32(7-8-34)24(28)36/h3-6,10-12,34H,7-9H2,1-2H3,(H2,28,36)(H,29,30,35). The largest absolute Gasteiger partial charge is 0.395 e. The molecule has 0 saturated heterocycles. The van der Waals surface area contributed by atoms with E-state index in [2.05, 4.69) is 10.1 Å². The number of nitrogens with one attached hydrogen (secondary N) is 1. The number of hydrogen-bond donors (Lipinski definition) is 3. The molecular weight excluding hydrogens is 527 g/mol. The molecule has 0 aliphatic heterocycles. The van der Waals surface area contributed by atoms with Crippen molar-refractivity contribution in [2.45, 2.75) is 26.2 Å². The number of H-pyrrole nitrogens is 1. The van der Waals surface area contributed by atoms with Crippen LogP contribution in [-0.4, -0.2) is 44.0 Å². The molecule has 2 aromatic carbocycles. The van der Waals surface area contributed by atoms with Gasteiger partial charge in [0, 0.05) is 17.1 Å². The number of halogens is 3. The second-order valence-corrected chi connectivity index (χ2v) is 9.69. The number of aromatic amines is 1. The molecule has 4 aromatic rings. The maximum absolute atomic E-state index is 13.2. The summed E-state index contributed by atoms with van der Waals surface area (Å²) in [5, 5.41) is 15.1. The zero-order valence-electron chi connectivity index (χ0n) is 19.4. The van der Waals surface area contributed by atoms with Crippen LogP contribution in [-0.2, 0) is 6.42 Å². The van der Waals surface area contributed by atoms with Gasteiger partial charge in [0.05, 0.1) is 28.9 Å². The lowest BCUT2D eigenvalue weighted by Crippen LogP contribution is -2.37. The van der Waals surface area contributed by atoms with Crippen molar-refractivity contribution in [2.75, 3.05) is 18.1 Å². The van der Waals surface area contributed by atoms with Crippen molar-refractivity contribution in [1.29, 1.82) is 0 Å². The Bertz CT molecular complexity index is 1470. The van der Waals surface area contributed by atoms with E-state index < -0.39 is 6.03 Å². The number of aliphatic hydroxyl groups is 1. The van der Waals surface area contributed by atoms with Crippen LogP contribution in [0.15, 0.2) is 41.2 Å². The van der Waals surface area contributed by atoms with Crippen LogP contribution in [0, 0.1) is 0 Å². The summed E-state index contributed by atoms with van der Waals surface area (Å²) < 4.78 is 1.48. The Morgan fingerprint density at radius 1 is 1.17 bits per heavy atom. The first-order valence-electron chi connectivity index (χ1n) is 11.0. The van der Waals surface area contributed by atoms with Gasteiger partial charge in [0.1, 0.15) is 16.9 Å². The summed E-state index contributed by atoms with van der Waals surface area (Å²) >= 11 is 19.0. The summed E-state index contributed by atoms with van der Waals surface area (Å²) in [6, 6.07) is 9.43. The minimum atomic E-state index is -0.665. The minimum absolute atomic E-state index is 0.0629. The lowest BCUT2D eigenvalue weighted by atomic mass is 10.1. The van der Waals surface area contributed by atoms with Crippen LogP contribution < -0.4 is 16.2 Å². The highest BCUT2D eigenvalue weighted by Gasteiger charge is 2.23. The van der Waals surface area contributed by atoms with Crippen molar-refractivity contribution in [3.63, 3.8) is 0 Å². The average Bonchev–Trinajstić information content (AvgIpc) is 3.17. The predicted molar refractivity (Wildman–Crippen MR) is 142 cm³/mol. The van der Waals surface area contributed by atoms with Crippen LogP contribution in [0.2, 0.25) is 15.1 Å². The van der Waals surface area contributed by atoms with Gasteiger partial charge in [-0.2, -0.15) is 5.10 Å². The Hall–Kier alpha value is -3.11. The van der Waals surface area contributed by atoms with Gasteiger partial charge >= 0.3 is 6.03 Å². The highest BCUT2D eigenvalue weighted by atomic mass is 35.5. The number of primary amides is 1. The Morgan fingerprint density at radius 2 is 1.81 bits per heavy atom. The molecule has 0 aliphatic carbocycles. The zero-order chi connectivity index (χ0) is 26.1. The normalized spacial score (nSPS) is 11.4. The van der Waals surface area contributed by atoms with Gasteiger partial charge in [-0.15, -0.1) is 0 Å². The molecule has 0 saturated carbocycles. The number of benzene rings is 2. The van der Waals surface area contributed by atoms with Gasteiger partial charge in [-0.3, -0.25) is 9.69 Å². The second kappa shape index (κ2) is 10.5. The molecule has 0 spiro atoms. The molecule has 0 radical (unpaired) electrons. The Balaban J connectivity index is 1.79. The van der Waals surface area contributed by atoms with Gasteiger partial charge in [-0.1, -0.05) is 60.8 Å². The molecule has 0 aliphatic rings. The van der Waals surface area contributed by atoms with Crippen LogP contribution in [0.4, 0.5) is 10.5 Å². The van der Waals surface area contributed by atoms with E-state index in [4.69, 9.17) is 45.5 Å². The summed E-state index contributed by atoms with van der Waals surface area (Å²) in [5.41, 5.74) is 7.70. The fourth-order valence-corrected chi connectivity index (χ4v) is 4.91. The molecule has 0 fully saturated rings. The summed E-state index contributed by atoms with van der Waals surface area (Å²) in [5.74, 6) is 0.340. The third kappa shape index (κ3) is 5.05. The van der Waals surface area contributed by atoms with Crippen molar-refractivity contribution >= 4 is 57.6 Å². The summed E-state index contributed by atoms with van der Waals surface area (Å²) in [6.45, 7) is 3.72. The molecule has 0 atom stereocenters. The number of carbonyl (C=O) groups is 1. The first-order valence-corrected chi connectivity index (χ1v) is 12.2. The Labute approximate surface area is 221 Å². The number of amides is 2. The molecule has 36 heavy (non-hydrogen) atoms. The number of anilines is 1. The highest BCUT2D eigenvalue weighted by molar-refractivity contribution is 6.40. The highest BCUT2D eigenvalue weighted by Crippen LogP contribution is 2.34. The van der Waals surface area contributed by atoms with Crippen molar-refractivity contribution in [1.82, 2.24) is 19.7 Å². The molecule has 0 bridgehead atoms. The first-order chi connectivity index (χ1) is 17.1. The number of urea groups is 1. The van der Waals surface area contributed by atoms with E-state index in [1.54, 1.807) is 36.4 Å². The Kier molecular flexibility index (Phi) is 7.56. The lowest BCUT2D eigenvalue weighted by molar-refractivity contribution is 0.249. The molecular formula is C24H23Cl3N6O3. The monoisotopic (exact) mass is 548 g/mol. The number of hydrogen-bond acceptors (Lipinski definition) is 5. The SMILES string of the molecule is CC(C)c1nn(-c2c(Cl)cc(Cl)cc2Cl)c2nc(Cc3ccc(N(CCO)C(N)=O)cc3)[nH]c(=O)c12. The van der Waals surface area contributed by atoms with E-state index in [1.165, 1.54) is 9.58 Å². The van der Waals surface area contributed by atoms with Crippen LogP contribution in [0.1, 0.15) is 36.8 Å². The lowest BCUT2D eigenvalue weighted by Gasteiger charge is -2.19. The van der Waals surface area contributed by atoms with E-state index in [0.29, 0.717) is 45.4 Å². The van der Waals surface area contributed by atoms with Gasteiger partial charge < -0.3 is 15.8 Å². The molecule has 2 amide bonds. The molecule has 9 nitrogen and oxygen atoms in total. The first kappa shape index (κ1) is 26.0. The number of nitrogens with two attached hydrogens (primary N) is 1. The van der Waals surface area contributed by atoms with Gasteiger partial charge in [-0.25, -0.2) is 14.5 Å². The minimum Gasteiger partial charge on any atom is -0.395 e. The van der Waals surface area contributed by atoms with Crippen molar-refractivity contribution in [2.24, 2.45) is 5.73 Å². The quantitative estimate of drug-likeness (QED) is 0.309. The molecule has 0 unspecified atom stereocenters. The van der Waals surface area contributed by atoms with E-state index in [1.807, 2.05) is 13.8 Å². The number of rotatable bonds is 7. The van der Waals surface area contributed by atoms with Crippen LogP contribution in [0.25, 0.3) is 16.7 Å². The van der Waals surface area contributed by atoms with Crippen LogP contribution >= 0.6 is 34.8 Å². The third-order valence-electron chi connectivity index (χ3n) is 5.56. The van der Waals surface area contributed by atoms with Gasteiger partial charge in [0.25, 0.3) is 5.56 Å². The number of fused-ring (bicyclic) bond motifs is 1. The molecule has 2 aromatic heterocycles. The summed E-state index contributed by atoms with van der Waals surface area (Å²) in [7, 11) is 0. The van der Waals surface area contributed by atoms with Gasteiger partial charge in [0.15, 0.2) is 5.65 Å². The van der Waals surface area contributed by atoms with E-state index >= 15 is 0 Å². The zero-order valence-corrected chi connectivity index (χ0v) is 21.7. The second-order valence-electron chi connectivity index (χ2n) is 8.44. The maximum atomic E-state index is 13.2. The Morgan fingerprint density at radius 3 is 2.36 bits per heavy atom. The van der Waals surface area contributed by atoms with E-state index in [-0.39, 0.29) is 34.7 Å². The van der Waals surface area contributed by atoms with E-state index in [9.17, 15) is 14.7 Å². The van der Waals surface area contributed by atoms with Gasteiger partial charge in [-0.05, 0) is 35.7 Å². The van der Waals surface area contributed by atoms with Crippen molar-refractivity contribution < 1.29 is 9.90 Å².